The van der Waals surface area contributed by atoms with E-state index >= 15 is 0 Å². The molecule has 8 nitrogen and oxygen atoms in total. The summed E-state index contributed by atoms with van der Waals surface area (Å²) in [5, 5.41) is 29.1. The highest BCUT2D eigenvalue weighted by molar-refractivity contribution is 5.56. The molecule has 0 saturated carbocycles. The molecule has 2 heterocycles. The van der Waals surface area contributed by atoms with Gasteiger partial charge in [0.05, 0.1) is 6.61 Å². The van der Waals surface area contributed by atoms with Gasteiger partial charge >= 0.3 is 0 Å². The van der Waals surface area contributed by atoms with E-state index in [4.69, 9.17) is 18.9 Å². The van der Waals surface area contributed by atoms with Crippen LogP contribution in [0.5, 0.6) is 11.5 Å². The quantitative estimate of drug-likeness (QED) is 0.614. The summed E-state index contributed by atoms with van der Waals surface area (Å²) in [7, 11) is 0. The Morgan fingerprint density at radius 3 is 2.77 bits per heavy atom. The third kappa shape index (κ3) is 2.79. The van der Waals surface area contributed by atoms with Gasteiger partial charge in [-0.1, -0.05) is 0 Å². The van der Waals surface area contributed by atoms with E-state index in [9.17, 15) is 20.1 Å². The van der Waals surface area contributed by atoms with Gasteiger partial charge in [-0.25, -0.2) is 0 Å². The Morgan fingerprint density at radius 2 is 2.00 bits per heavy atom. The number of ether oxygens (including phenoxy) is 4. The molecule has 0 bridgehead atoms. The molecular formula is C14H16O8. The van der Waals surface area contributed by atoms with Gasteiger partial charge in [0.2, 0.25) is 6.79 Å². The van der Waals surface area contributed by atoms with E-state index in [0.29, 0.717) is 17.1 Å². The summed E-state index contributed by atoms with van der Waals surface area (Å²) in [4.78, 5) is 10.6. The number of hydrogen-bond acceptors (Lipinski definition) is 8. The molecule has 0 spiro atoms. The Hall–Kier alpha value is -1.71. The number of aliphatic hydroxyl groups is 3. The van der Waals surface area contributed by atoms with Gasteiger partial charge in [-0.05, 0) is 18.2 Å². The summed E-state index contributed by atoms with van der Waals surface area (Å²) >= 11 is 0. The molecule has 0 aromatic heterocycles. The highest BCUT2D eigenvalue weighted by atomic mass is 16.7. The lowest BCUT2D eigenvalue weighted by molar-refractivity contribution is -0.281. The van der Waals surface area contributed by atoms with Crippen LogP contribution in [-0.4, -0.2) is 59.4 Å². The van der Waals surface area contributed by atoms with Crippen LogP contribution in [0.1, 0.15) is 11.9 Å². The monoisotopic (exact) mass is 312 g/mol. The molecule has 8 heteroatoms. The Morgan fingerprint density at radius 1 is 1.23 bits per heavy atom. The molecule has 1 aromatic carbocycles. The van der Waals surface area contributed by atoms with Gasteiger partial charge in [-0.15, -0.1) is 0 Å². The molecule has 22 heavy (non-hydrogen) atoms. The fraction of sp³-hybridized carbons (Fsp3) is 0.500. The van der Waals surface area contributed by atoms with E-state index in [2.05, 4.69) is 0 Å². The molecule has 1 aromatic rings. The number of rotatable bonds is 4. The zero-order valence-corrected chi connectivity index (χ0v) is 11.5. The molecule has 0 amide bonds. The Balaban J connectivity index is 1.76. The van der Waals surface area contributed by atoms with Crippen molar-refractivity contribution in [2.75, 3.05) is 13.4 Å². The molecule has 3 N–H and O–H groups in total. The minimum absolute atomic E-state index is 0.105. The van der Waals surface area contributed by atoms with Gasteiger partial charge < -0.3 is 39.1 Å². The number of fused-ring (bicyclic) bond motifs is 1. The number of carbonyl (C=O) groups is 1. The largest absolute Gasteiger partial charge is 0.454 e. The maximum absolute atomic E-state index is 10.6. The van der Waals surface area contributed by atoms with Crippen LogP contribution >= 0.6 is 0 Å². The third-order valence-corrected chi connectivity index (χ3v) is 3.57. The van der Waals surface area contributed by atoms with E-state index in [1.165, 1.54) is 0 Å². The summed E-state index contributed by atoms with van der Waals surface area (Å²) in [6.45, 7) is 0.0309. The van der Waals surface area contributed by atoms with Gasteiger partial charge in [0, 0.05) is 5.56 Å². The Bertz CT molecular complexity index is 548. The lowest BCUT2D eigenvalue weighted by atomic mass is 10.0. The fourth-order valence-corrected chi connectivity index (χ4v) is 2.37. The highest BCUT2D eigenvalue weighted by Gasteiger charge is 2.39. The lowest BCUT2D eigenvalue weighted by Crippen LogP contribution is -2.51. The van der Waals surface area contributed by atoms with Crippen LogP contribution in [0.4, 0.5) is 0 Å². The van der Waals surface area contributed by atoms with Crippen LogP contribution in [0.25, 0.3) is 0 Å². The first-order valence-corrected chi connectivity index (χ1v) is 6.76. The lowest BCUT2D eigenvalue weighted by Gasteiger charge is -2.37. The first kappa shape index (κ1) is 15.2. The predicted octanol–water partition coefficient (Wildman–Crippen LogP) is -0.889. The fourth-order valence-electron chi connectivity index (χ4n) is 2.37. The SMILES string of the molecule is O=C[C@H](O)[C@@H](O)[C@@H]1OC(c2ccc3c(c2)OCO3)OC[C@H]1O. The van der Waals surface area contributed by atoms with Crippen LogP contribution in [0.2, 0.25) is 0 Å². The number of carbonyl (C=O) groups excluding carboxylic acids is 1. The van der Waals surface area contributed by atoms with E-state index in [0.717, 1.165) is 0 Å². The molecule has 3 rings (SSSR count). The molecule has 1 fully saturated rings. The zero-order chi connectivity index (χ0) is 15.7. The normalized spacial score (nSPS) is 29.9. The van der Waals surface area contributed by atoms with Crippen molar-refractivity contribution in [3.05, 3.63) is 23.8 Å². The highest BCUT2D eigenvalue weighted by Crippen LogP contribution is 2.37. The van der Waals surface area contributed by atoms with Gasteiger partial charge in [0.15, 0.2) is 24.1 Å². The van der Waals surface area contributed by atoms with E-state index < -0.39 is 30.7 Å². The van der Waals surface area contributed by atoms with E-state index in [-0.39, 0.29) is 19.7 Å². The van der Waals surface area contributed by atoms with Gasteiger partial charge in [0.1, 0.15) is 24.4 Å². The van der Waals surface area contributed by atoms with Crippen molar-refractivity contribution in [2.45, 2.75) is 30.7 Å². The van der Waals surface area contributed by atoms with Crippen LogP contribution in [0, 0.1) is 0 Å². The van der Waals surface area contributed by atoms with Crippen molar-refractivity contribution in [2.24, 2.45) is 0 Å². The molecule has 5 atom stereocenters. The third-order valence-electron chi connectivity index (χ3n) is 3.57. The summed E-state index contributed by atoms with van der Waals surface area (Å²) in [6, 6.07) is 5.07. The second-order valence-corrected chi connectivity index (χ2v) is 5.06. The van der Waals surface area contributed by atoms with Gasteiger partial charge in [-0.3, -0.25) is 0 Å². The molecule has 0 aliphatic carbocycles. The molecule has 0 radical (unpaired) electrons. The second-order valence-electron chi connectivity index (χ2n) is 5.06. The predicted molar refractivity (Wildman–Crippen MR) is 70.2 cm³/mol. The molecule has 1 unspecified atom stereocenters. The van der Waals surface area contributed by atoms with Gasteiger partial charge in [-0.2, -0.15) is 0 Å². The van der Waals surface area contributed by atoms with Crippen molar-refractivity contribution in [1.82, 2.24) is 0 Å². The van der Waals surface area contributed by atoms with Crippen LogP contribution in [-0.2, 0) is 14.3 Å². The van der Waals surface area contributed by atoms with Crippen molar-refractivity contribution in [3.63, 3.8) is 0 Å². The van der Waals surface area contributed by atoms with Crippen LogP contribution < -0.4 is 9.47 Å². The van der Waals surface area contributed by atoms with Crippen molar-refractivity contribution in [3.8, 4) is 11.5 Å². The average molecular weight is 312 g/mol. The number of hydrogen-bond donors (Lipinski definition) is 3. The van der Waals surface area contributed by atoms with Crippen LogP contribution in [0.3, 0.4) is 0 Å². The summed E-state index contributed by atoms with van der Waals surface area (Å²) in [5.74, 6) is 1.15. The molecular weight excluding hydrogens is 296 g/mol. The molecule has 2 aliphatic rings. The molecule has 1 saturated heterocycles. The van der Waals surface area contributed by atoms with Crippen molar-refractivity contribution in [1.29, 1.82) is 0 Å². The minimum Gasteiger partial charge on any atom is -0.454 e. The van der Waals surface area contributed by atoms with Crippen molar-refractivity contribution < 1.29 is 39.1 Å². The summed E-state index contributed by atoms with van der Waals surface area (Å²) in [5.41, 5.74) is 0.606. The van der Waals surface area contributed by atoms with Crippen LogP contribution in [0.15, 0.2) is 18.2 Å². The maximum atomic E-state index is 10.6. The van der Waals surface area contributed by atoms with E-state index in [1.54, 1.807) is 18.2 Å². The van der Waals surface area contributed by atoms with Crippen molar-refractivity contribution >= 4 is 6.29 Å². The number of benzene rings is 1. The zero-order valence-electron chi connectivity index (χ0n) is 11.5. The summed E-state index contributed by atoms with van der Waals surface area (Å²) in [6.07, 6.45) is -6.18. The Labute approximate surface area is 125 Å². The standard InChI is InChI=1S/C14H16O8/c15-4-8(16)12(18)13-9(17)5-19-14(22-13)7-1-2-10-11(3-7)21-6-20-10/h1-4,8-9,12-14,16-18H,5-6H2/t8-,9+,12+,13+,14?/m0/s1. The molecule has 120 valence electrons. The second kappa shape index (κ2) is 6.19. The summed E-state index contributed by atoms with van der Waals surface area (Å²) < 4.78 is 21.3. The topological polar surface area (TPSA) is 115 Å². The smallest absolute Gasteiger partial charge is 0.231 e. The number of aldehydes is 1. The first-order valence-electron chi connectivity index (χ1n) is 6.76. The maximum Gasteiger partial charge on any atom is 0.231 e. The first-order chi connectivity index (χ1) is 10.6. The Kier molecular flexibility index (Phi) is 4.27. The molecule has 2 aliphatic heterocycles. The van der Waals surface area contributed by atoms with Gasteiger partial charge in [0.25, 0.3) is 0 Å². The average Bonchev–Trinajstić information content (AvgIpc) is 3.01. The number of aliphatic hydroxyl groups excluding tert-OH is 3. The van der Waals surface area contributed by atoms with E-state index in [1.807, 2.05) is 0 Å². The minimum atomic E-state index is -1.64.